The molecule has 24 heavy (non-hydrogen) atoms. The summed E-state index contributed by atoms with van der Waals surface area (Å²) >= 11 is 0. The van der Waals surface area contributed by atoms with Gasteiger partial charge in [-0.2, -0.15) is 10.1 Å². The van der Waals surface area contributed by atoms with Crippen molar-refractivity contribution in [1.29, 1.82) is 0 Å². The number of methoxy groups -OCH3 is 1. The summed E-state index contributed by atoms with van der Waals surface area (Å²) in [7, 11) is 1.51. The minimum Gasteiger partial charge on any atom is -0.375 e. The van der Waals surface area contributed by atoms with Gasteiger partial charge in [0.1, 0.15) is 13.2 Å². The molecule has 0 saturated heterocycles. The molecule has 0 aliphatic rings. The van der Waals surface area contributed by atoms with E-state index in [-0.39, 0.29) is 31.2 Å². The summed E-state index contributed by atoms with van der Waals surface area (Å²) in [6.07, 6.45) is 1.56. The molecule has 2 heterocycles. The van der Waals surface area contributed by atoms with E-state index >= 15 is 0 Å². The van der Waals surface area contributed by atoms with Gasteiger partial charge in [-0.25, -0.2) is 4.68 Å². The summed E-state index contributed by atoms with van der Waals surface area (Å²) in [5.41, 5.74) is -0.315. The monoisotopic (exact) mass is 329 g/mol. The Morgan fingerprint density at radius 3 is 3.04 bits per heavy atom. The highest BCUT2D eigenvalue weighted by atomic mass is 16.5. The second-order valence-corrected chi connectivity index (χ2v) is 5.01. The number of nitrogens with one attached hydrogen (secondary N) is 1. The Bertz CT molecular complexity index is 917. The van der Waals surface area contributed by atoms with Gasteiger partial charge in [0.25, 0.3) is 11.4 Å². The number of carbonyl (C=O) groups excluding carboxylic acids is 1. The predicted octanol–water partition coefficient (Wildman–Crippen LogP) is 0.242. The maximum absolute atomic E-state index is 12.3. The third-order valence-corrected chi connectivity index (χ3v) is 3.28. The molecule has 3 rings (SSSR count). The largest absolute Gasteiger partial charge is 0.375 e. The average molecular weight is 329 g/mol. The molecule has 9 nitrogen and oxygen atoms in total. The Labute approximate surface area is 136 Å². The summed E-state index contributed by atoms with van der Waals surface area (Å²) < 4.78 is 10.9. The summed E-state index contributed by atoms with van der Waals surface area (Å²) in [6.45, 7) is 0.109. The third kappa shape index (κ3) is 3.46. The summed E-state index contributed by atoms with van der Waals surface area (Å²) in [6, 6.07) is 7.08. The second kappa shape index (κ2) is 7.01. The minimum absolute atomic E-state index is 0.0916. The van der Waals surface area contributed by atoms with Gasteiger partial charge in [0, 0.05) is 12.5 Å². The highest BCUT2D eigenvalue weighted by molar-refractivity contribution is 5.81. The van der Waals surface area contributed by atoms with Crippen molar-refractivity contribution in [2.75, 3.05) is 7.11 Å². The van der Waals surface area contributed by atoms with Crippen LogP contribution in [0, 0.1) is 0 Å². The first-order valence-electron chi connectivity index (χ1n) is 7.19. The first kappa shape index (κ1) is 15.8. The Morgan fingerprint density at radius 1 is 1.38 bits per heavy atom. The zero-order chi connectivity index (χ0) is 16.9. The molecule has 3 aromatic rings. The Kier molecular flexibility index (Phi) is 4.62. The van der Waals surface area contributed by atoms with Gasteiger partial charge < -0.3 is 14.6 Å². The van der Waals surface area contributed by atoms with Crippen molar-refractivity contribution in [1.82, 2.24) is 25.2 Å². The van der Waals surface area contributed by atoms with E-state index in [1.54, 1.807) is 24.4 Å². The van der Waals surface area contributed by atoms with Gasteiger partial charge in [-0.1, -0.05) is 23.4 Å². The van der Waals surface area contributed by atoms with E-state index < -0.39 is 0 Å². The summed E-state index contributed by atoms with van der Waals surface area (Å²) in [5, 5.41) is 11.6. The number of hydrogen-bond acceptors (Lipinski definition) is 7. The van der Waals surface area contributed by atoms with Gasteiger partial charge >= 0.3 is 0 Å². The van der Waals surface area contributed by atoms with Crippen LogP contribution in [0.5, 0.6) is 0 Å². The van der Waals surface area contributed by atoms with Crippen molar-refractivity contribution in [3.05, 3.63) is 52.5 Å². The van der Waals surface area contributed by atoms with Crippen molar-refractivity contribution < 1.29 is 14.1 Å². The van der Waals surface area contributed by atoms with Gasteiger partial charge in [-0.15, -0.1) is 0 Å². The predicted molar refractivity (Wildman–Crippen MR) is 82.9 cm³/mol. The fraction of sp³-hybridized carbons (Fsp3) is 0.267. The van der Waals surface area contributed by atoms with Crippen LogP contribution in [0.25, 0.3) is 10.8 Å². The lowest BCUT2D eigenvalue weighted by Gasteiger charge is -2.06. The minimum atomic E-state index is -0.377. The molecule has 1 aromatic carbocycles. The molecule has 0 aliphatic carbocycles. The quantitative estimate of drug-likeness (QED) is 0.689. The Morgan fingerprint density at radius 2 is 2.21 bits per heavy atom. The first-order valence-corrected chi connectivity index (χ1v) is 7.19. The molecule has 124 valence electrons. The number of nitrogens with zero attached hydrogens (tertiary/aromatic N) is 4. The van der Waals surface area contributed by atoms with Gasteiger partial charge in [-0.3, -0.25) is 9.59 Å². The van der Waals surface area contributed by atoms with Crippen molar-refractivity contribution in [2.45, 2.75) is 19.7 Å². The van der Waals surface area contributed by atoms with Crippen LogP contribution < -0.4 is 10.9 Å². The molecule has 0 saturated carbocycles. The van der Waals surface area contributed by atoms with E-state index in [0.29, 0.717) is 17.1 Å². The van der Waals surface area contributed by atoms with Crippen LogP contribution >= 0.6 is 0 Å². The van der Waals surface area contributed by atoms with E-state index in [9.17, 15) is 9.59 Å². The molecule has 2 aromatic heterocycles. The van der Waals surface area contributed by atoms with E-state index in [1.807, 2.05) is 6.07 Å². The van der Waals surface area contributed by atoms with Crippen LogP contribution in [0.15, 0.2) is 39.8 Å². The number of carbonyl (C=O) groups is 1. The molecule has 0 aliphatic heterocycles. The molecule has 0 fully saturated rings. The molecular formula is C15H15N5O4. The molecule has 1 N–H and O–H groups in total. The van der Waals surface area contributed by atoms with Gasteiger partial charge in [0.2, 0.25) is 5.91 Å². The molecule has 1 amide bonds. The summed E-state index contributed by atoms with van der Waals surface area (Å²) in [5.74, 6) is 0.279. The Hall–Kier alpha value is -3.07. The van der Waals surface area contributed by atoms with Crippen molar-refractivity contribution >= 4 is 16.7 Å². The number of rotatable bonds is 6. The molecule has 0 spiro atoms. The smallest absolute Gasteiger partial charge is 0.275 e. The van der Waals surface area contributed by atoms with Crippen molar-refractivity contribution in [3.8, 4) is 0 Å². The lowest BCUT2D eigenvalue weighted by molar-refractivity contribution is -0.122. The van der Waals surface area contributed by atoms with Crippen molar-refractivity contribution in [3.63, 3.8) is 0 Å². The fourth-order valence-electron chi connectivity index (χ4n) is 2.15. The molecule has 0 unspecified atom stereocenters. The van der Waals surface area contributed by atoms with Gasteiger partial charge in [-0.05, 0) is 6.07 Å². The fourth-order valence-corrected chi connectivity index (χ4v) is 2.15. The number of aromatic nitrogens is 4. The SMILES string of the molecule is COCc1nc(CNC(=O)Cn2ncc3ccccc3c2=O)no1. The lowest BCUT2D eigenvalue weighted by Crippen LogP contribution is -2.33. The van der Waals surface area contributed by atoms with Crippen LogP contribution in [0.1, 0.15) is 11.7 Å². The summed E-state index contributed by atoms with van der Waals surface area (Å²) in [4.78, 5) is 28.3. The molecular weight excluding hydrogens is 314 g/mol. The topological polar surface area (TPSA) is 112 Å². The lowest BCUT2D eigenvalue weighted by atomic mass is 10.2. The standard InChI is InChI=1S/C15H15N5O4/c1-23-9-14-18-12(19-24-14)7-16-13(21)8-20-15(22)11-5-3-2-4-10(11)6-17-20/h2-6H,7-9H2,1H3,(H,16,21). The molecule has 0 atom stereocenters. The number of hydrogen-bond donors (Lipinski definition) is 1. The van der Waals surface area contributed by atoms with Crippen molar-refractivity contribution in [2.24, 2.45) is 0 Å². The zero-order valence-corrected chi connectivity index (χ0v) is 12.9. The molecule has 0 bridgehead atoms. The van der Waals surface area contributed by atoms with Crippen LogP contribution in [-0.2, 0) is 29.2 Å². The number of benzene rings is 1. The van der Waals surface area contributed by atoms with Crippen LogP contribution in [0.3, 0.4) is 0 Å². The second-order valence-electron chi connectivity index (χ2n) is 5.01. The molecule has 0 radical (unpaired) electrons. The Balaban J connectivity index is 1.64. The van der Waals surface area contributed by atoms with E-state index in [1.165, 1.54) is 7.11 Å². The maximum Gasteiger partial charge on any atom is 0.275 e. The van der Waals surface area contributed by atoms with Gasteiger partial charge in [0.05, 0.1) is 18.1 Å². The van der Waals surface area contributed by atoms with Crippen LogP contribution in [0.2, 0.25) is 0 Å². The highest BCUT2D eigenvalue weighted by Gasteiger charge is 2.10. The van der Waals surface area contributed by atoms with Crippen LogP contribution in [-0.4, -0.2) is 32.9 Å². The third-order valence-electron chi connectivity index (χ3n) is 3.28. The zero-order valence-electron chi connectivity index (χ0n) is 12.9. The maximum atomic E-state index is 12.3. The van der Waals surface area contributed by atoms with Crippen LogP contribution in [0.4, 0.5) is 0 Å². The molecule has 9 heteroatoms. The average Bonchev–Trinajstić information content (AvgIpc) is 3.04. The first-order chi connectivity index (χ1) is 11.7. The normalized spacial score (nSPS) is 10.9. The number of fused-ring (bicyclic) bond motifs is 1. The van der Waals surface area contributed by atoms with E-state index in [2.05, 4.69) is 20.6 Å². The highest BCUT2D eigenvalue weighted by Crippen LogP contribution is 2.06. The van der Waals surface area contributed by atoms with Gasteiger partial charge in [0.15, 0.2) is 5.82 Å². The number of ether oxygens (including phenoxy) is 1. The van der Waals surface area contributed by atoms with E-state index in [4.69, 9.17) is 9.26 Å². The number of amides is 1. The van der Waals surface area contributed by atoms with E-state index in [0.717, 1.165) is 10.1 Å².